The number of hydrogen-bond acceptors (Lipinski definition) is 3. The molecule has 3 aromatic rings. The molecule has 154 valence electrons. The quantitative estimate of drug-likeness (QED) is 0.638. The molecule has 0 spiro atoms. The maximum atomic E-state index is 13.3. The molecule has 0 bridgehead atoms. The molecule has 2 aliphatic rings. The number of carbonyl (C=O) groups excluding carboxylic acids is 1. The number of nitrogens with zero attached hydrogens (tertiary/aromatic N) is 4. The van der Waals surface area contributed by atoms with Crippen LogP contribution in [0.4, 0.5) is 0 Å². The molecule has 1 aromatic heterocycles. The van der Waals surface area contributed by atoms with E-state index < -0.39 is 0 Å². The standard InChI is InChI=1S/C25H28N4O/c30-24(15-20-7-3-1-4-8-20)29-17-22-16-28(14-13-27-12-11-26-19-27)18-23(22)25(29)21-9-5-2-6-10-21/h1-12,19,22-23,25H,13-18H2/t22-,23-,25-/m0/s1. The molecule has 0 N–H and O–H groups in total. The predicted molar refractivity (Wildman–Crippen MR) is 117 cm³/mol. The second-order valence-electron chi connectivity index (χ2n) is 8.55. The van der Waals surface area contributed by atoms with Gasteiger partial charge in [-0.2, -0.15) is 0 Å². The second-order valence-corrected chi connectivity index (χ2v) is 8.55. The number of likely N-dealkylation sites (tertiary alicyclic amines) is 2. The lowest BCUT2D eigenvalue weighted by Gasteiger charge is -2.30. The Morgan fingerprint density at radius 3 is 2.43 bits per heavy atom. The first-order valence-corrected chi connectivity index (χ1v) is 10.8. The molecular formula is C25H28N4O. The summed E-state index contributed by atoms with van der Waals surface area (Å²) >= 11 is 0. The molecule has 30 heavy (non-hydrogen) atoms. The average molecular weight is 401 g/mol. The third-order valence-corrected chi connectivity index (χ3v) is 6.63. The smallest absolute Gasteiger partial charge is 0.227 e. The van der Waals surface area contributed by atoms with E-state index in [1.807, 2.05) is 49.1 Å². The van der Waals surface area contributed by atoms with Gasteiger partial charge in [0, 0.05) is 51.0 Å². The Labute approximate surface area is 178 Å². The Morgan fingerprint density at radius 2 is 1.70 bits per heavy atom. The first-order chi connectivity index (χ1) is 14.8. The van der Waals surface area contributed by atoms with E-state index in [9.17, 15) is 4.79 Å². The highest BCUT2D eigenvalue weighted by Gasteiger charge is 2.48. The van der Waals surface area contributed by atoms with Crippen molar-refractivity contribution < 1.29 is 4.79 Å². The second kappa shape index (κ2) is 8.44. The molecule has 3 heterocycles. The molecule has 5 rings (SSSR count). The van der Waals surface area contributed by atoms with Gasteiger partial charge in [0.15, 0.2) is 0 Å². The summed E-state index contributed by atoms with van der Waals surface area (Å²) in [6.45, 7) is 4.97. The minimum absolute atomic E-state index is 0.172. The van der Waals surface area contributed by atoms with E-state index in [0.717, 1.165) is 38.3 Å². The van der Waals surface area contributed by atoms with Crippen molar-refractivity contribution >= 4 is 5.91 Å². The molecule has 1 amide bonds. The largest absolute Gasteiger partial charge is 0.336 e. The summed E-state index contributed by atoms with van der Waals surface area (Å²) in [6.07, 6.45) is 6.22. The zero-order valence-electron chi connectivity index (χ0n) is 17.2. The van der Waals surface area contributed by atoms with Gasteiger partial charge in [0.25, 0.3) is 0 Å². The first-order valence-electron chi connectivity index (χ1n) is 10.8. The zero-order valence-corrected chi connectivity index (χ0v) is 17.2. The van der Waals surface area contributed by atoms with E-state index in [4.69, 9.17) is 0 Å². The van der Waals surface area contributed by atoms with Gasteiger partial charge in [-0.3, -0.25) is 4.79 Å². The van der Waals surface area contributed by atoms with Gasteiger partial charge in [-0.1, -0.05) is 60.7 Å². The fraction of sp³-hybridized carbons (Fsp3) is 0.360. The Bertz CT molecular complexity index is 957. The number of aromatic nitrogens is 2. The van der Waals surface area contributed by atoms with Gasteiger partial charge in [-0.05, 0) is 17.0 Å². The summed E-state index contributed by atoms with van der Waals surface area (Å²) in [7, 11) is 0. The van der Waals surface area contributed by atoms with Crippen molar-refractivity contribution in [3.63, 3.8) is 0 Å². The summed E-state index contributed by atoms with van der Waals surface area (Å²) in [4.78, 5) is 22.2. The van der Waals surface area contributed by atoms with Crippen molar-refractivity contribution in [1.82, 2.24) is 19.4 Å². The van der Waals surface area contributed by atoms with Crippen LogP contribution in [0.15, 0.2) is 79.4 Å². The lowest BCUT2D eigenvalue weighted by molar-refractivity contribution is -0.132. The molecular weight excluding hydrogens is 372 g/mol. The third kappa shape index (κ3) is 3.90. The van der Waals surface area contributed by atoms with Crippen molar-refractivity contribution in [2.45, 2.75) is 19.0 Å². The highest BCUT2D eigenvalue weighted by atomic mass is 16.2. The van der Waals surface area contributed by atoms with Crippen molar-refractivity contribution in [3.05, 3.63) is 90.5 Å². The molecule has 0 radical (unpaired) electrons. The highest BCUT2D eigenvalue weighted by molar-refractivity contribution is 5.79. The van der Waals surface area contributed by atoms with Gasteiger partial charge in [0.2, 0.25) is 5.91 Å². The SMILES string of the molecule is O=C(Cc1ccccc1)N1C[C@@H]2CN(CCn3ccnc3)C[C@@H]2[C@@H]1c1ccccc1. The number of carbonyl (C=O) groups is 1. The summed E-state index contributed by atoms with van der Waals surface area (Å²) in [6, 6.07) is 20.9. The van der Waals surface area contributed by atoms with E-state index >= 15 is 0 Å². The van der Waals surface area contributed by atoms with Crippen LogP contribution in [0.5, 0.6) is 0 Å². The van der Waals surface area contributed by atoms with E-state index in [0.29, 0.717) is 18.3 Å². The maximum absolute atomic E-state index is 13.3. The summed E-state index contributed by atoms with van der Waals surface area (Å²) < 4.78 is 2.14. The Balaban J connectivity index is 1.32. The fourth-order valence-corrected chi connectivity index (χ4v) is 5.20. The van der Waals surface area contributed by atoms with Gasteiger partial charge in [0.1, 0.15) is 0 Å². The molecule has 2 fully saturated rings. The fourth-order valence-electron chi connectivity index (χ4n) is 5.20. The molecule has 0 saturated carbocycles. The molecule has 0 aliphatic carbocycles. The average Bonchev–Trinajstić information content (AvgIpc) is 3.49. The monoisotopic (exact) mass is 400 g/mol. The molecule has 2 aliphatic heterocycles. The highest BCUT2D eigenvalue weighted by Crippen LogP contribution is 2.45. The van der Waals surface area contributed by atoms with Gasteiger partial charge in [0.05, 0.1) is 18.8 Å². The van der Waals surface area contributed by atoms with Gasteiger partial charge < -0.3 is 14.4 Å². The van der Waals surface area contributed by atoms with Crippen LogP contribution in [-0.2, 0) is 17.8 Å². The van der Waals surface area contributed by atoms with Crippen molar-refractivity contribution in [2.75, 3.05) is 26.2 Å². The molecule has 3 atom stereocenters. The van der Waals surface area contributed by atoms with Gasteiger partial charge >= 0.3 is 0 Å². The molecule has 2 saturated heterocycles. The Kier molecular flexibility index (Phi) is 5.37. The first kappa shape index (κ1) is 19.1. The molecule has 5 heteroatoms. The van der Waals surface area contributed by atoms with Crippen LogP contribution in [0.1, 0.15) is 17.2 Å². The maximum Gasteiger partial charge on any atom is 0.227 e. The van der Waals surface area contributed by atoms with Crippen LogP contribution < -0.4 is 0 Å². The van der Waals surface area contributed by atoms with E-state index in [2.05, 4.69) is 49.7 Å². The van der Waals surface area contributed by atoms with Crippen LogP contribution in [-0.4, -0.2) is 51.4 Å². The summed E-state index contributed by atoms with van der Waals surface area (Å²) in [5.74, 6) is 1.28. The normalized spacial score (nSPS) is 23.6. The third-order valence-electron chi connectivity index (χ3n) is 6.63. The number of hydrogen-bond donors (Lipinski definition) is 0. The van der Waals surface area contributed by atoms with Gasteiger partial charge in [-0.15, -0.1) is 0 Å². The van der Waals surface area contributed by atoms with Crippen LogP contribution in [0, 0.1) is 11.8 Å². The van der Waals surface area contributed by atoms with Crippen LogP contribution in [0.2, 0.25) is 0 Å². The number of fused-ring (bicyclic) bond motifs is 1. The molecule has 5 nitrogen and oxygen atoms in total. The summed E-state index contributed by atoms with van der Waals surface area (Å²) in [5.41, 5.74) is 2.36. The molecule has 0 unspecified atom stereocenters. The minimum Gasteiger partial charge on any atom is -0.336 e. The van der Waals surface area contributed by atoms with Crippen molar-refractivity contribution in [1.29, 1.82) is 0 Å². The topological polar surface area (TPSA) is 41.4 Å². The number of benzene rings is 2. The Hall–Kier alpha value is -2.92. The zero-order chi connectivity index (χ0) is 20.3. The van der Waals surface area contributed by atoms with Crippen molar-refractivity contribution in [3.8, 4) is 0 Å². The lowest BCUT2D eigenvalue weighted by atomic mass is 9.89. The minimum atomic E-state index is 0.172. The lowest BCUT2D eigenvalue weighted by Crippen LogP contribution is -2.37. The van der Waals surface area contributed by atoms with Crippen LogP contribution >= 0.6 is 0 Å². The number of rotatable bonds is 6. The van der Waals surface area contributed by atoms with E-state index in [-0.39, 0.29) is 11.9 Å². The Morgan fingerprint density at radius 1 is 0.933 bits per heavy atom. The van der Waals surface area contributed by atoms with Gasteiger partial charge in [-0.25, -0.2) is 4.98 Å². The van der Waals surface area contributed by atoms with Crippen LogP contribution in [0.25, 0.3) is 0 Å². The number of imidazole rings is 1. The van der Waals surface area contributed by atoms with Crippen LogP contribution in [0.3, 0.4) is 0 Å². The van der Waals surface area contributed by atoms with E-state index in [1.54, 1.807) is 0 Å². The van der Waals surface area contributed by atoms with E-state index in [1.165, 1.54) is 5.56 Å². The van der Waals surface area contributed by atoms with Crippen molar-refractivity contribution in [2.24, 2.45) is 11.8 Å². The predicted octanol–water partition coefficient (Wildman–Crippen LogP) is 3.26. The molecule has 2 aromatic carbocycles. The number of amides is 1. The summed E-state index contributed by atoms with van der Waals surface area (Å²) in [5, 5.41) is 0.